The average Bonchev–Trinajstić information content (AvgIpc) is 3.37. The van der Waals surface area contributed by atoms with Gasteiger partial charge in [-0.3, -0.25) is 24.6 Å². The lowest BCUT2D eigenvalue weighted by molar-refractivity contribution is -0.384. The summed E-state index contributed by atoms with van der Waals surface area (Å²) in [6.45, 7) is -0.0219. The number of nitrogens with one attached hydrogen (secondary N) is 1. The Morgan fingerprint density at radius 3 is 2.25 bits per heavy atom. The Bertz CT molecular complexity index is 1200. The van der Waals surface area contributed by atoms with E-state index in [1.807, 2.05) is 43.3 Å². The molecular weight excluding hydrogens is 412 g/mol. The number of hydrogen-bond donors (Lipinski definition) is 1. The molecule has 0 fully saturated rings. The van der Waals surface area contributed by atoms with E-state index in [0.717, 1.165) is 10.6 Å². The fourth-order valence-electron chi connectivity index (χ4n) is 3.40. The van der Waals surface area contributed by atoms with Gasteiger partial charge in [-0.2, -0.15) is 0 Å². The van der Waals surface area contributed by atoms with Gasteiger partial charge < -0.3 is 14.6 Å². The van der Waals surface area contributed by atoms with E-state index in [4.69, 9.17) is 4.42 Å². The van der Waals surface area contributed by atoms with Crippen LogP contribution in [0.1, 0.15) is 11.3 Å². The summed E-state index contributed by atoms with van der Waals surface area (Å²) in [5.41, 5.74) is 2.16. The molecule has 2 amide bonds. The van der Waals surface area contributed by atoms with Crippen molar-refractivity contribution in [3.05, 3.63) is 94.1 Å². The minimum Gasteiger partial charge on any atom is -0.467 e. The lowest BCUT2D eigenvalue weighted by Crippen LogP contribution is -2.31. The Kier molecular flexibility index (Phi) is 5.46. The Hall–Kier alpha value is -4.40. The first-order valence-electron chi connectivity index (χ1n) is 9.77. The van der Waals surface area contributed by atoms with Gasteiger partial charge in [0.25, 0.3) is 17.5 Å². The second-order valence-corrected chi connectivity index (χ2v) is 7.40. The van der Waals surface area contributed by atoms with Crippen molar-refractivity contribution in [2.45, 2.75) is 6.54 Å². The summed E-state index contributed by atoms with van der Waals surface area (Å²) in [5.74, 6) is -0.546. The number of nitro benzene ring substituents is 1. The summed E-state index contributed by atoms with van der Waals surface area (Å²) in [5, 5.41) is 14.1. The molecule has 1 aromatic heterocycles. The van der Waals surface area contributed by atoms with Gasteiger partial charge in [-0.05, 0) is 54.1 Å². The Morgan fingerprint density at radius 1 is 1.00 bits per heavy atom. The minimum atomic E-state index is -0.519. The number of nitro groups is 1. The zero-order chi connectivity index (χ0) is 22.8. The van der Waals surface area contributed by atoms with Gasteiger partial charge in [-0.25, -0.2) is 0 Å². The number of furan rings is 1. The molecule has 1 aliphatic heterocycles. The van der Waals surface area contributed by atoms with Crippen LogP contribution in [0.25, 0.3) is 5.57 Å². The summed E-state index contributed by atoms with van der Waals surface area (Å²) in [4.78, 5) is 40.0. The highest BCUT2D eigenvalue weighted by atomic mass is 16.6. The Labute approximate surface area is 183 Å². The second-order valence-electron chi connectivity index (χ2n) is 7.40. The van der Waals surface area contributed by atoms with E-state index < -0.39 is 16.7 Å². The number of imide groups is 1. The Morgan fingerprint density at radius 2 is 1.69 bits per heavy atom. The van der Waals surface area contributed by atoms with Crippen LogP contribution in [0.2, 0.25) is 0 Å². The van der Waals surface area contributed by atoms with Gasteiger partial charge in [-0.15, -0.1) is 0 Å². The Balaban J connectivity index is 1.72. The van der Waals surface area contributed by atoms with Crippen LogP contribution in [-0.2, 0) is 16.1 Å². The van der Waals surface area contributed by atoms with E-state index >= 15 is 0 Å². The van der Waals surface area contributed by atoms with Crippen molar-refractivity contribution in [2.24, 2.45) is 0 Å². The topological polar surface area (TPSA) is 109 Å². The SMILES string of the molecule is CN(C)c1ccc(NC2=C(c3ccc([N+](=O)[O-])cc3)C(=O)N(Cc3ccco3)C2=O)cc1. The van der Waals surface area contributed by atoms with Crippen LogP contribution in [0.15, 0.2) is 77.0 Å². The predicted molar refractivity (Wildman–Crippen MR) is 119 cm³/mol. The highest BCUT2D eigenvalue weighted by molar-refractivity contribution is 6.36. The van der Waals surface area contributed by atoms with E-state index in [1.165, 1.54) is 30.5 Å². The molecule has 2 heterocycles. The number of carbonyl (C=O) groups is 2. The number of amides is 2. The maximum absolute atomic E-state index is 13.2. The van der Waals surface area contributed by atoms with Gasteiger partial charge in [0, 0.05) is 37.6 Å². The molecule has 4 rings (SSSR count). The summed E-state index contributed by atoms with van der Waals surface area (Å²) >= 11 is 0. The average molecular weight is 432 g/mol. The van der Waals surface area contributed by atoms with Crippen molar-refractivity contribution in [2.75, 3.05) is 24.3 Å². The van der Waals surface area contributed by atoms with Crippen LogP contribution in [0.3, 0.4) is 0 Å². The molecule has 9 nitrogen and oxygen atoms in total. The fraction of sp³-hybridized carbons (Fsp3) is 0.130. The molecule has 9 heteroatoms. The lowest BCUT2D eigenvalue weighted by Gasteiger charge is -2.15. The van der Waals surface area contributed by atoms with Crippen LogP contribution < -0.4 is 10.2 Å². The number of hydrogen-bond acceptors (Lipinski definition) is 7. The molecule has 0 aliphatic carbocycles. The minimum absolute atomic E-state index is 0.0219. The van der Waals surface area contributed by atoms with E-state index in [0.29, 0.717) is 17.0 Å². The highest BCUT2D eigenvalue weighted by Crippen LogP contribution is 2.32. The third-order valence-electron chi connectivity index (χ3n) is 5.08. The van der Waals surface area contributed by atoms with Crippen LogP contribution in [0, 0.1) is 10.1 Å². The van der Waals surface area contributed by atoms with Crippen molar-refractivity contribution in [3.8, 4) is 0 Å². The maximum Gasteiger partial charge on any atom is 0.278 e. The molecule has 1 aliphatic rings. The molecule has 2 aromatic carbocycles. The zero-order valence-electron chi connectivity index (χ0n) is 17.4. The monoisotopic (exact) mass is 432 g/mol. The highest BCUT2D eigenvalue weighted by Gasteiger charge is 2.39. The summed E-state index contributed by atoms with van der Waals surface area (Å²) < 4.78 is 5.30. The molecule has 0 radical (unpaired) electrons. The summed E-state index contributed by atoms with van der Waals surface area (Å²) in [6, 6.07) is 16.3. The standard InChI is InChI=1S/C23H20N4O5/c1-25(2)17-11-7-16(8-12-17)24-21-20(15-5-9-18(10-6-15)27(30)31)22(28)26(23(21)29)14-19-4-3-13-32-19/h3-13,24H,14H2,1-2H3. The van der Waals surface area contributed by atoms with Crippen LogP contribution in [-0.4, -0.2) is 35.7 Å². The zero-order valence-corrected chi connectivity index (χ0v) is 17.4. The van der Waals surface area contributed by atoms with Crippen LogP contribution >= 0.6 is 0 Å². The van der Waals surface area contributed by atoms with Gasteiger partial charge in [0.15, 0.2) is 0 Å². The number of benzene rings is 2. The van der Waals surface area contributed by atoms with Gasteiger partial charge in [0.2, 0.25) is 0 Å². The van der Waals surface area contributed by atoms with Crippen molar-refractivity contribution >= 4 is 34.4 Å². The van der Waals surface area contributed by atoms with E-state index in [-0.39, 0.29) is 23.5 Å². The van der Waals surface area contributed by atoms with Crippen molar-refractivity contribution < 1.29 is 18.9 Å². The molecule has 0 atom stereocenters. The maximum atomic E-state index is 13.2. The molecular formula is C23H20N4O5. The van der Waals surface area contributed by atoms with Crippen molar-refractivity contribution in [3.63, 3.8) is 0 Å². The molecule has 0 saturated carbocycles. The molecule has 0 saturated heterocycles. The normalized spacial score (nSPS) is 13.6. The van der Waals surface area contributed by atoms with E-state index in [1.54, 1.807) is 12.1 Å². The number of anilines is 2. The van der Waals surface area contributed by atoms with Crippen LogP contribution in [0.5, 0.6) is 0 Å². The quantitative estimate of drug-likeness (QED) is 0.345. The first kappa shape index (κ1) is 20.9. The smallest absolute Gasteiger partial charge is 0.278 e. The van der Waals surface area contributed by atoms with Crippen molar-refractivity contribution in [1.82, 2.24) is 4.90 Å². The third-order valence-corrected chi connectivity index (χ3v) is 5.08. The largest absolute Gasteiger partial charge is 0.467 e. The lowest BCUT2D eigenvalue weighted by atomic mass is 10.0. The fourth-order valence-corrected chi connectivity index (χ4v) is 3.40. The van der Waals surface area contributed by atoms with Gasteiger partial charge >= 0.3 is 0 Å². The molecule has 32 heavy (non-hydrogen) atoms. The van der Waals surface area contributed by atoms with Gasteiger partial charge in [0.05, 0.1) is 23.3 Å². The summed E-state index contributed by atoms with van der Waals surface area (Å²) in [7, 11) is 3.84. The number of nitrogens with zero attached hydrogens (tertiary/aromatic N) is 3. The first-order chi connectivity index (χ1) is 15.3. The van der Waals surface area contributed by atoms with Gasteiger partial charge in [-0.1, -0.05) is 0 Å². The first-order valence-corrected chi connectivity index (χ1v) is 9.77. The van der Waals surface area contributed by atoms with E-state index in [2.05, 4.69) is 5.32 Å². The molecule has 1 N–H and O–H groups in total. The van der Waals surface area contributed by atoms with Gasteiger partial charge in [0.1, 0.15) is 11.5 Å². The molecule has 3 aromatic rings. The third kappa shape index (κ3) is 3.95. The molecule has 162 valence electrons. The number of rotatable bonds is 7. The molecule has 0 spiro atoms. The van der Waals surface area contributed by atoms with Crippen LogP contribution in [0.4, 0.5) is 17.1 Å². The molecule has 0 bridgehead atoms. The predicted octanol–water partition coefficient (Wildman–Crippen LogP) is 3.65. The second kappa shape index (κ2) is 8.38. The number of carbonyl (C=O) groups excluding carboxylic acids is 2. The summed E-state index contributed by atoms with van der Waals surface area (Å²) in [6.07, 6.45) is 1.47. The van der Waals surface area contributed by atoms with Crippen molar-refractivity contribution in [1.29, 1.82) is 0 Å². The number of non-ortho nitro benzene ring substituents is 1. The van der Waals surface area contributed by atoms with E-state index in [9.17, 15) is 19.7 Å². The molecule has 0 unspecified atom stereocenters.